The molecular formula is C10H12N2OS. The van der Waals surface area contributed by atoms with Gasteiger partial charge in [0.1, 0.15) is 0 Å². The van der Waals surface area contributed by atoms with E-state index in [-0.39, 0.29) is 5.91 Å². The van der Waals surface area contributed by atoms with Crippen LogP contribution < -0.4 is 5.32 Å². The van der Waals surface area contributed by atoms with Crippen molar-refractivity contribution in [3.05, 3.63) is 23.2 Å². The fourth-order valence-electron chi connectivity index (χ4n) is 1.35. The first kappa shape index (κ1) is 9.40. The first-order valence-corrected chi connectivity index (χ1v) is 5.43. The molecule has 3 nitrogen and oxygen atoms in total. The summed E-state index contributed by atoms with van der Waals surface area (Å²) in [5.74, 6) is 0.446. The minimum Gasteiger partial charge on any atom is -0.298 e. The highest BCUT2D eigenvalue weighted by Crippen LogP contribution is 2.43. The van der Waals surface area contributed by atoms with E-state index in [1.54, 1.807) is 0 Å². The van der Waals surface area contributed by atoms with Crippen LogP contribution in [0.2, 0.25) is 0 Å². The molecule has 4 heteroatoms. The smallest absolute Gasteiger partial charge is 0.249 e. The summed E-state index contributed by atoms with van der Waals surface area (Å²) in [5.41, 5.74) is 1.16. The van der Waals surface area contributed by atoms with Crippen LogP contribution in [0.3, 0.4) is 0 Å². The van der Waals surface area contributed by atoms with Crippen LogP contribution in [0.1, 0.15) is 29.3 Å². The molecule has 14 heavy (non-hydrogen) atoms. The maximum absolute atomic E-state index is 11.0. The van der Waals surface area contributed by atoms with Crippen molar-refractivity contribution >= 4 is 22.4 Å². The van der Waals surface area contributed by atoms with Crippen molar-refractivity contribution in [2.75, 3.05) is 5.32 Å². The lowest BCUT2D eigenvalue weighted by Crippen LogP contribution is -2.06. The monoisotopic (exact) mass is 208 g/mol. The highest BCUT2D eigenvalue weighted by molar-refractivity contribution is 7.15. The van der Waals surface area contributed by atoms with Crippen molar-refractivity contribution in [3.63, 3.8) is 0 Å². The molecule has 0 unspecified atom stereocenters. The molecule has 0 aromatic carbocycles. The zero-order valence-corrected chi connectivity index (χ0v) is 8.86. The van der Waals surface area contributed by atoms with Gasteiger partial charge in [0.2, 0.25) is 5.91 Å². The van der Waals surface area contributed by atoms with E-state index in [0.717, 1.165) is 5.69 Å². The standard InChI is InChI=1S/C10H12N2OS/c1-3-8(13)11-10-12-9(6(2)14-10)7-4-5-7/h3,7H,1,4-5H2,2H3,(H,11,12,13). The Bertz CT molecular complexity index is 379. The predicted molar refractivity (Wildman–Crippen MR) is 57.7 cm³/mol. The Morgan fingerprint density at radius 1 is 1.71 bits per heavy atom. The minimum absolute atomic E-state index is 0.193. The third-order valence-electron chi connectivity index (χ3n) is 2.21. The summed E-state index contributed by atoms with van der Waals surface area (Å²) in [6.07, 6.45) is 3.73. The van der Waals surface area contributed by atoms with E-state index >= 15 is 0 Å². The Balaban J connectivity index is 2.15. The summed E-state index contributed by atoms with van der Waals surface area (Å²) in [6, 6.07) is 0. The number of aryl methyl sites for hydroxylation is 1. The Labute approximate surface area is 86.9 Å². The Morgan fingerprint density at radius 2 is 2.43 bits per heavy atom. The van der Waals surface area contributed by atoms with E-state index in [2.05, 4.69) is 23.8 Å². The van der Waals surface area contributed by atoms with E-state index in [0.29, 0.717) is 11.0 Å². The summed E-state index contributed by atoms with van der Waals surface area (Å²) < 4.78 is 0. The second kappa shape index (κ2) is 3.53. The van der Waals surface area contributed by atoms with Gasteiger partial charge in [-0.05, 0) is 25.8 Å². The number of anilines is 1. The highest BCUT2D eigenvalue weighted by atomic mass is 32.1. The fraction of sp³-hybridized carbons (Fsp3) is 0.400. The predicted octanol–water partition coefficient (Wildman–Crippen LogP) is 2.45. The molecular weight excluding hydrogens is 196 g/mol. The van der Waals surface area contributed by atoms with Gasteiger partial charge in [0.15, 0.2) is 5.13 Å². The molecule has 1 aromatic rings. The first-order valence-electron chi connectivity index (χ1n) is 4.61. The number of amides is 1. The normalized spacial score (nSPS) is 15.2. The summed E-state index contributed by atoms with van der Waals surface area (Å²) in [4.78, 5) is 16.6. The zero-order valence-electron chi connectivity index (χ0n) is 8.04. The third-order valence-corrected chi connectivity index (χ3v) is 3.11. The van der Waals surface area contributed by atoms with Gasteiger partial charge in [0, 0.05) is 10.8 Å². The van der Waals surface area contributed by atoms with Crippen LogP contribution in [0.15, 0.2) is 12.7 Å². The van der Waals surface area contributed by atoms with E-state index in [4.69, 9.17) is 0 Å². The van der Waals surface area contributed by atoms with Crippen LogP contribution in [0, 0.1) is 6.92 Å². The summed E-state index contributed by atoms with van der Waals surface area (Å²) in [7, 11) is 0. The average molecular weight is 208 g/mol. The molecule has 1 heterocycles. The van der Waals surface area contributed by atoms with E-state index in [9.17, 15) is 4.79 Å². The van der Waals surface area contributed by atoms with Gasteiger partial charge in [0.05, 0.1) is 5.69 Å². The fourth-order valence-corrected chi connectivity index (χ4v) is 2.26. The van der Waals surface area contributed by atoms with Crippen LogP contribution in [0.5, 0.6) is 0 Å². The van der Waals surface area contributed by atoms with Gasteiger partial charge < -0.3 is 0 Å². The SMILES string of the molecule is C=CC(=O)Nc1nc(C2CC2)c(C)s1. The molecule has 1 aromatic heterocycles. The molecule has 1 saturated carbocycles. The number of carbonyl (C=O) groups is 1. The van der Waals surface area contributed by atoms with Crippen molar-refractivity contribution in [2.45, 2.75) is 25.7 Å². The van der Waals surface area contributed by atoms with Gasteiger partial charge in [-0.25, -0.2) is 4.98 Å². The van der Waals surface area contributed by atoms with Crippen molar-refractivity contribution in [3.8, 4) is 0 Å². The van der Waals surface area contributed by atoms with Crippen LogP contribution in [0.25, 0.3) is 0 Å². The lowest BCUT2D eigenvalue weighted by Gasteiger charge is -1.93. The number of rotatable bonds is 3. The van der Waals surface area contributed by atoms with Gasteiger partial charge in [-0.3, -0.25) is 10.1 Å². The maximum Gasteiger partial charge on any atom is 0.249 e. The van der Waals surface area contributed by atoms with Crippen LogP contribution >= 0.6 is 11.3 Å². The van der Waals surface area contributed by atoms with Gasteiger partial charge in [0.25, 0.3) is 0 Å². The number of aromatic nitrogens is 1. The van der Waals surface area contributed by atoms with Crippen LogP contribution in [0.4, 0.5) is 5.13 Å². The molecule has 0 radical (unpaired) electrons. The van der Waals surface area contributed by atoms with Crippen molar-refractivity contribution in [1.82, 2.24) is 4.98 Å². The zero-order chi connectivity index (χ0) is 10.1. The molecule has 1 aliphatic carbocycles. The summed E-state index contributed by atoms with van der Waals surface area (Å²) in [6.45, 7) is 5.45. The van der Waals surface area contributed by atoms with Gasteiger partial charge >= 0.3 is 0 Å². The van der Waals surface area contributed by atoms with Crippen molar-refractivity contribution in [2.24, 2.45) is 0 Å². The third kappa shape index (κ3) is 1.85. The quantitative estimate of drug-likeness (QED) is 0.775. The van der Waals surface area contributed by atoms with Gasteiger partial charge in [-0.2, -0.15) is 0 Å². The number of thiazole rings is 1. The number of nitrogens with zero attached hydrogens (tertiary/aromatic N) is 1. The van der Waals surface area contributed by atoms with Gasteiger partial charge in [-0.15, -0.1) is 11.3 Å². The molecule has 0 aliphatic heterocycles. The highest BCUT2D eigenvalue weighted by Gasteiger charge is 2.28. The molecule has 0 atom stereocenters. The van der Waals surface area contributed by atoms with Crippen molar-refractivity contribution < 1.29 is 4.79 Å². The Kier molecular flexibility index (Phi) is 2.37. The van der Waals surface area contributed by atoms with E-state index in [1.165, 1.54) is 35.1 Å². The van der Waals surface area contributed by atoms with Crippen molar-refractivity contribution in [1.29, 1.82) is 0 Å². The van der Waals surface area contributed by atoms with E-state index in [1.807, 2.05) is 0 Å². The minimum atomic E-state index is -0.193. The molecule has 1 aliphatic rings. The molecule has 1 amide bonds. The van der Waals surface area contributed by atoms with Crippen LogP contribution in [-0.4, -0.2) is 10.9 Å². The van der Waals surface area contributed by atoms with E-state index < -0.39 is 0 Å². The number of nitrogens with one attached hydrogen (secondary N) is 1. The van der Waals surface area contributed by atoms with Gasteiger partial charge in [-0.1, -0.05) is 6.58 Å². The molecule has 2 rings (SSSR count). The lowest BCUT2D eigenvalue weighted by atomic mass is 10.3. The second-order valence-corrected chi connectivity index (χ2v) is 4.63. The number of hydrogen-bond acceptors (Lipinski definition) is 3. The molecule has 74 valence electrons. The number of hydrogen-bond donors (Lipinski definition) is 1. The summed E-state index contributed by atoms with van der Waals surface area (Å²) in [5, 5.41) is 3.38. The maximum atomic E-state index is 11.0. The lowest BCUT2D eigenvalue weighted by molar-refractivity contribution is -0.111. The Hall–Kier alpha value is -1.16. The molecule has 0 spiro atoms. The first-order chi connectivity index (χ1) is 6.70. The molecule has 0 saturated heterocycles. The molecule has 1 fully saturated rings. The largest absolute Gasteiger partial charge is 0.298 e. The summed E-state index contributed by atoms with van der Waals surface area (Å²) >= 11 is 1.54. The Morgan fingerprint density at radius 3 is 3.00 bits per heavy atom. The number of carbonyl (C=O) groups excluding carboxylic acids is 1. The molecule has 0 bridgehead atoms. The second-order valence-electron chi connectivity index (χ2n) is 3.43. The average Bonchev–Trinajstić information content (AvgIpc) is 2.92. The topological polar surface area (TPSA) is 42.0 Å². The molecule has 1 N–H and O–H groups in total. The van der Waals surface area contributed by atoms with Crippen LogP contribution in [-0.2, 0) is 4.79 Å².